The number of halogens is 1. The van der Waals surface area contributed by atoms with Crippen LogP contribution in [-0.2, 0) is 5.41 Å². The van der Waals surface area contributed by atoms with Gasteiger partial charge in [-0.15, -0.1) is 24.0 Å². The Morgan fingerprint density at radius 2 is 1.78 bits per heavy atom. The second kappa shape index (κ2) is 11.2. The third kappa shape index (κ3) is 7.60. The Morgan fingerprint density at radius 1 is 1.19 bits per heavy atom. The summed E-state index contributed by atoms with van der Waals surface area (Å²) >= 11 is 0. The number of likely N-dealkylation sites (tertiary alicyclic amines) is 1. The van der Waals surface area contributed by atoms with Crippen molar-refractivity contribution in [2.75, 3.05) is 26.2 Å². The van der Waals surface area contributed by atoms with Gasteiger partial charge < -0.3 is 15.5 Å². The zero-order valence-corrected chi connectivity index (χ0v) is 20.3. The molecule has 2 rings (SSSR count). The minimum atomic E-state index is 0. The second-order valence-electron chi connectivity index (χ2n) is 8.49. The summed E-state index contributed by atoms with van der Waals surface area (Å²) in [6, 6.07) is 10.00. The standard InChI is InChI=1S/C22H38N4.HI/c1-7-23-21(25-20-12-14-26(15-13-20)17(2)3)24-16-22(5,6)19-10-8-18(4)9-11-19;/h8-11,17,20H,7,12-16H2,1-6H3,(H2,23,24,25);1H. The fraction of sp³-hybridized carbons (Fsp3) is 0.682. The van der Waals surface area contributed by atoms with Crippen LogP contribution in [0, 0.1) is 6.92 Å². The van der Waals surface area contributed by atoms with Crippen molar-refractivity contribution in [3.63, 3.8) is 0 Å². The highest BCUT2D eigenvalue weighted by molar-refractivity contribution is 14.0. The first-order chi connectivity index (χ1) is 12.3. The van der Waals surface area contributed by atoms with Crippen LogP contribution in [0.25, 0.3) is 0 Å². The van der Waals surface area contributed by atoms with Crippen molar-refractivity contribution in [2.24, 2.45) is 4.99 Å². The van der Waals surface area contributed by atoms with Crippen LogP contribution in [-0.4, -0.2) is 49.1 Å². The molecule has 154 valence electrons. The maximum absolute atomic E-state index is 4.91. The molecule has 1 aliphatic rings. The van der Waals surface area contributed by atoms with Crippen molar-refractivity contribution in [2.45, 2.75) is 71.9 Å². The highest BCUT2D eigenvalue weighted by atomic mass is 127. The summed E-state index contributed by atoms with van der Waals surface area (Å²) in [7, 11) is 0. The van der Waals surface area contributed by atoms with Crippen molar-refractivity contribution >= 4 is 29.9 Å². The van der Waals surface area contributed by atoms with Crippen molar-refractivity contribution < 1.29 is 0 Å². The molecule has 0 amide bonds. The molecule has 0 spiro atoms. The Kier molecular flexibility index (Phi) is 10.1. The lowest BCUT2D eigenvalue weighted by Crippen LogP contribution is -2.50. The van der Waals surface area contributed by atoms with Crippen molar-refractivity contribution in [3.05, 3.63) is 35.4 Å². The average Bonchev–Trinajstić information content (AvgIpc) is 2.61. The van der Waals surface area contributed by atoms with E-state index in [1.54, 1.807) is 0 Å². The molecule has 1 aromatic carbocycles. The van der Waals surface area contributed by atoms with E-state index in [9.17, 15) is 0 Å². The third-order valence-electron chi connectivity index (χ3n) is 5.41. The second-order valence-corrected chi connectivity index (χ2v) is 8.49. The van der Waals surface area contributed by atoms with E-state index in [2.05, 4.69) is 81.3 Å². The van der Waals surface area contributed by atoms with Crippen molar-refractivity contribution in [1.82, 2.24) is 15.5 Å². The number of rotatable bonds is 6. The van der Waals surface area contributed by atoms with E-state index in [1.165, 1.54) is 37.1 Å². The van der Waals surface area contributed by atoms with Crippen LogP contribution < -0.4 is 10.6 Å². The molecular weight excluding hydrogens is 447 g/mol. The molecule has 0 bridgehead atoms. The Bertz CT molecular complexity index is 572. The lowest BCUT2D eigenvalue weighted by atomic mass is 9.84. The summed E-state index contributed by atoms with van der Waals surface area (Å²) in [5, 5.41) is 7.08. The Hall–Kier alpha value is -0.820. The quantitative estimate of drug-likeness (QED) is 0.358. The van der Waals surface area contributed by atoms with Gasteiger partial charge in [0.2, 0.25) is 0 Å². The van der Waals surface area contributed by atoms with Crippen LogP contribution in [0.3, 0.4) is 0 Å². The van der Waals surface area contributed by atoms with Crippen molar-refractivity contribution in [3.8, 4) is 0 Å². The van der Waals surface area contributed by atoms with Gasteiger partial charge in [-0.25, -0.2) is 0 Å². The van der Waals surface area contributed by atoms with Crippen LogP contribution in [0.5, 0.6) is 0 Å². The number of hydrogen-bond acceptors (Lipinski definition) is 2. The van der Waals surface area contributed by atoms with Gasteiger partial charge in [-0.1, -0.05) is 43.7 Å². The SMILES string of the molecule is CCNC(=NCC(C)(C)c1ccc(C)cc1)NC1CCN(C(C)C)CC1.I. The Labute approximate surface area is 183 Å². The Morgan fingerprint density at radius 3 is 2.30 bits per heavy atom. The molecule has 1 saturated heterocycles. The predicted molar refractivity (Wildman–Crippen MR) is 128 cm³/mol. The lowest BCUT2D eigenvalue weighted by molar-refractivity contribution is 0.167. The van der Waals surface area contributed by atoms with Gasteiger partial charge in [-0.2, -0.15) is 0 Å². The van der Waals surface area contributed by atoms with Crippen LogP contribution in [0.15, 0.2) is 29.3 Å². The van der Waals surface area contributed by atoms with Gasteiger partial charge in [0, 0.05) is 37.1 Å². The molecule has 1 aliphatic heterocycles. The first kappa shape index (κ1) is 24.2. The molecule has 0 saturated carbocycles. The van der Waals surface area contributed by atoms with Gasteiger partial charge in [0.1, 0.15) is 0 Å². The van der Waals surface area contributed by atoms with Gasteiger partial charge >= 0.3 is 0 Å². The zero-order chi connectivity index (χ0) is 19.2. The van der Waals surface area contributed by atoms with Crippen LogP contribution >= 0.6 is 24.0 Å². The third-order valence-corrected chi connectivity index (χ3v) is 5.41. The minimum absolute atomic E-state index is 0. The molecule has 0 radical (unpaired) electrons. The molecule has 2 N–H and O–H groups in total. The van der Waals surface area contributed by atoms with Gasteiger partial charge in [-0.05, 0) is 46.1 Å². The molecule has 1 aromatic rings. The first-order valence-electron chi connectivity index (χ1n) is 10.2. The number of aryl methyl sites for hydroxylation is 1. The summed E-state index contributed by atoms with van der Waals surface area (Å²) in [6.07, 6.45) is 2.37. The molecule has 0 unspecified atom stereocenters. The highest BCUT2D eigenvalue weighted by Crippen LogP contribution is 2.24. The largest absolute Gasteiger partial charge is 0.357 e. The van der Waals surface area contributed by atoms with Crippen LogP contribution in [0.4, 0.5) is 0 Å². The highest BCUT2D eigenvalue weighted by Gasteiger charge is 2.23. The smallest absolute Gasteiger partial charge is 0.191 e. The van der Waals surface area contributed by atoms with Crippen LogP contribution in [0.2, 0.25) is 0 Å². The fourth-order valence-corrected chi connectivity index (χ4v) is 3.45. The molecule has 0 aliphatic carbocycles. The minimum Gasteiger partial charge on any atom is -0.357 e. The molecule has 0 aromatic heterocycles. The fourth-order valence-electron chi connectivity index (χ4n) is 3.45. The normalized spacial score (nSPS) is 16.9. The summed E-state index contributed by atoms with van der Waals surface area (Å²) in [5.74, 6) is 0.954. The number of benzene rings is 1. The summed E-state index contributed by atoms with van der Waals surface area (Å²) < 4.78 is 0. The van der Waals surface area contributed by atoms with E-state index in [0.29, 0.717) is 12.1 Å². The predicted octanol–water partition coefficient (Wildman–Crippen LogP) is 4.32. The van der Waals surface area contributed by atoms with E-state index in [-0.39, 0.29) is 29.4 Å². The maximum atomic E-state index is 4.91. The first-order valence-corrected chi connectivity index (χ1v) is 10.2. The zero-order valence-electron chi connectivity index (χ0n) is 18.0. The molecule has 5 heteroatoms. The van der Waals surface area contributed by atoms with E-state index >= 15 is 0 Å². The van der Waals surface area contributed by atoms with E-state index in [0.717, 1.165) is 19.0 Å². The summed E-state index contributed by atoms with van der Waals surface area (Å²) in [4.78, 5) is 7.47. The number of piperidine rings is 1. The Balaban J connectivity index is 0.00000364. The van der Waals surface area contributed by atoms with Gasteiger partial charge in [-0.3, -0.25) is 4.99 Å². The topological polar surface area (TPSA) is 39.7 Å². The number of nitrogens with one attached hydrogen (secondary N) is 2. The van der Waals surface area contributed by atoms with Gasteiger partial charge in [0.25, 0.3) is 0 Å². The molecule has 4 nitrogen and oxygen atoms in total. The summed E-state index contributed by atoms with van der Waals surface area (Å²) in [5.41, 5.74) is 2.67. The van der Waals surface area contributed by atoms with E-state index in [1.807, 2.05) is 0 Å². The lowest BCUT2D eigenvalue weighted by Gasteiger charge is -2.35. The average molecular weight is 486 g/mol. The summed E-state index contributed by atoms with van der Waals surface area (Å²) in [6.45, 7) is 17.4. The van der Waals surface area contributed by atoms with E-state index < -0.39 is 0 Å². The number of guanidine groups is 1. The molecule has 0 atom stereocenters. The van der Waals surface area contributed by atoms with E-state index in [4.69, 9.17) is 4.99 Å². The molecule has 1 heterocycles. The number of aliphatic imine (C=N–C) groups is 1. The molecule has 27 heavy (non-hydrogen) atoms. The molecule has 1 fully saturated rings. The number of nitrogens with zero attached hydrogens (tertiary/aromatic N) is 2. The number of hydrogen-bond donors (Lipinski definition) is 2. The van der Waals surface area contributed by atoms with Gasteiger partial charge in [0.15, 0.2) is 5.96 Å². The van der Waals surface area contributed by atoms with Gasteiger partial charge in [0.05, 0.1) is 6.54 Å². The van der Waals surface area contributed by atoms with Crippen LogP contribution in [0.1, 0.15) is 58.6 Å². The van der Waals surface area contributed by atoms with Crippen molar-refractivity contribution in [1.29, 1.82) is 0 Å². The monoisotopic (exact) mass is 486 g/mol. The maximum Gasteiger partial charge on any atom is 0.191 e. The molecular formula is C22H39IN4.